The third-order valence-corrected chi connectivity index (χ3v) is 6.72. The minimum Gasteiger partial charge on any atom is -0.451 e. The molecule has 6 nitrogen and oxygen atoms in total. The first-order chi connectivity index (χ1) is 13.7. The van der Waals surface area contributed by atoms with Crippen LogP contribution in [0.25, 0.3) is 0 Å². The Bertz CT molecular complexity index is 851. The first-order valence-electron chi connectivity index (χ1n) is 10.2. The van der Waals surface area contributed by atoms with Crippen LogP contribution >= 0.6 is 0 Å². The summed E-state index contributed by atoms with van der Waals surface area (Å²) in [6.07, 6.45) is 7.32. The second kappa shape index (κ2) is 7.08. The van der Waals surface area contributed by atoms with Crippen LogP contribution in [-0.2, 0) is 11.2 Å². The normalized spacial score (nSPS) is 29.5. The number of oxazole rings is 1. The molecular formula is C22H25N3O3. The number of carbonyl (C=O) groups excluding carboxylic acids is 2. The van der Waals surface area contributed by atoms with Crippen molar-refractivity contribution in [3.8, 4) is 0 Å². The Labute approximate surface area is 164 Å². The topological polar surface area (TPSA) is 66.7 Å². The van der Waals surface area contributed by atoms with Gasteiger partial charge in [0.1, 0.15) is 6.26 Å². The summed E-state index contributed by atoms with van der Waals surface area (Å²) in [4.78, 5) is 34.0. The first-order valence-corrected chi connectivity index (χ1v) is 10.2. The number of nitrogens with zero attached hydrogens (tertiary/aromatic N) is 3. The molecular weight excluding hydrogens is 354 g/mol. The summed E-state index contributed by atoms with van der Waals surface area (Å²) in [7, 11) is 0. The third-order valence-electron chi connectivity index (χ3n) is 6.72. The highest BCUT2D eigenvalue weighted by Gasteiger charge is 2.50. The average Bonchev–Trinajstić information content (AvgIpc) is 3.26. The molecule has 6 heteroatoms. The zero-order chi connectivity index (χ0) is 19.1. The molecule has 0 N–H and O–H groups in total. The van der Waals surface area contributed by atoms with Gasteiger partial charge in [-0.15, -0.1) is 0 Å². The van der Waals surface area contributed by atoms with Crippen molar-refractivity contribution in [2.75, 3.05) is 13.1 Å². The van der Waals surface area contributed by atoms with Crippen molar-refractivity contribution in [1.82, 2.24) is 14.8 Å². The highest BCUT2D eigenvalue weighted by atomic mass is 16.3. The van der Waals surface area contributed by atoms with E-state index in [9.17, 15) is 9.59 Å². The summed E-state index contributed by atoms with van der Waals surface area (Å²) in [5, 5.41) is 0. The van der Waals surface area contributed by atoms with Crippen LogP contribution in [0.3, 0.4) is 0 Å². The van der Waals surface area contributed by atoms with Gasteiger partial charge in [0, 0.05) is 31.6 Å². The predicted octanol–water partition coefficient (Wildman–Crippen LogP) is 2.76. The summed E-state index contributed by atoms with van der Waals surface area (Å²) in [6.45, 7) is 1.38. The van der Waals surface area contributed by atoms with E-state index in [2.05, 4.69) is 34.1 Å². The number of piperidine rings is 3. The SMILES string of the molecule is O=C(c1cocn1)N1C[C@H]2C[C@@H](C1)[C@H](Cc1ccccc1)N1C(=O)CCC[C@@H]21. The van der Waals surface area contributed by atoms with E-state index in [-0.39, 0.29) is 18.0 Å². The lowest BCUT2D eigenvalue weighted by Crippen LogP contribution is -2.66. The van der Waals surface area contributed by atoms with Gasteiger partial charge in [-0.2, -0.15) is 0 Å². The van der Waals surface area contributed by atoms with Crippen LogP contribution in [0.5, 0.6) is 0 Å². The number of fused-ring (bicyclic) bond motifs is 4. The fraction of sp³-hybridized carbons (Fsp3) is 0.500. The zero-order valence-corrected chi connectivity index (χ0v) is 15.9. The maximum Gasteiger partial charge on any atom is 0.275 e. The highest BCUT2D eigenvalue weighted by molar-refractivity contribution is 5.92. The van der Waals surface area contributed by atoms with E-state index in [0.29, 0.717) is 42.9 Å². The molecule has 0 spiro atoms. The van der Waals surface area contributed by atoms with E-state index in [1.807, 2.05) is 11.0 Å². The Morgan fingerprint density at radius 1 is 1.18 bits per heavy atom. The lowest BCUT2D eigenvalue weighted by Gasteiger charge is -2.56. The summed E-state index contributed by atoms with van der Waals surface area (Å²) in [5.41, 5.74) is 1.62. The minimum atomic E-state index is -0.0579. The van der Waals surface area contributed by atoms with Gasteiger partial charge >= 0.3 is 0 Å². The van der Waals surface area contributed by atoms with Crippen molar-refractivity contribution in [3.63, 3.8) is 0 Å². The molecule has 146 valence electrons. The number of benzene rings is 1. The van der Waals surface area contributed by atoms with Gasteiger partial charge in [0.05, 0.1) is 0 Å². The average molecular weight is 379 g/mol. The fourth-order valence-electron chi connectivity index (χ4n) is 5.54. The molecule has 0 unspecified atom stereocenters. The van der Waals surface area contributed by atoms with Crippen molar-refractivity contribution >= 4 is 11.8 Å². The number of hydrogen-bond donors (Lipinski definition) is 0. The Hall–Kier alpha value is -2.63. The molecule has 3 saturated heterocycles. The quantitative estimate of drug-likeness (QED) is 0.822. The van der Waals surface area contributed by atoms with Crippen LogP contribution in [-0.4, -0.2) is 51.8 Å². The molecule has 0 aliphatic carbocycles. The van der Waals surface area contributed by atoms with Gasteiger partial charge in [0.15, 0.2) is 12.1 Å². The van der Waals surface area contributed by atoms with Crippen molar-refractivity contribution < 1.29 is 14.0 Å². The molecule has 4 heterocycles. The van der Waals surface area contributed by atoms with Crippen LogP contribution in [0.4, 0.5) is 0 Å². The molecule has 3 fully saturated rings. The Morgan fingerprint density at radius 2 is 2.00 bits per heavy atom. The molecule has 2 aromatic rings. The van der Waals surface area contributed by atoms with Gasteiger partial charge in [-0.05, 0) is 43.1 Å². The zero-order valence-electron chi connectivity index (χ0n) is 15.9. The minimum absolute atomic E-state index is 0.0579. The van der Waals surface area contributed by atoms with Crippen molar-refractivity contribution in [2.24, 2.45) is 11.8 Å². The molecule has 28 heavy (non-hydrogen) atoms. The van der Waals surface area contributed by atoms with Gasteiger partial charge in [-0.3, -0.25) is 9.59 Å². The molecule has 2 amide bonds. The molecule has 0 radical (unpaired) electrons. The fourth-order valence-corrected chi connectivity index (χ4v) is 5.54. The van der Waals surface area contributed by atoms with E-state index in [1.54, 1.807) is 0 Å². The summed E-state index contributed by atoms with van der Waals surface area (Å²) in [5.74, 6) is 0.889. The van der Waals surface area contributed by atoms with E-state index in [0.717, 1.165) is 25.7 Å². The lowest BCUT2D eigenvalue weighted by atomic mass is 9.70. The molecule has 4 atom stereocenters. The Morgan fingerprint density at radius 3 is 2.79 bits per heavy atom. The van der Waals surface area contributed by atoms with Crippen LogP contribution < -0.4 is 0 Å². The van der Waals surface area contributed by atoms with Gasteiger partial charge in [0.2, 0.25) is 5.91 Å². The molecule has 1 aromatic heterocycles. The molecule has 3 aliphatic heterocycles. The number of hydrogen-bond acceptors (Lipinski definition) is 4. The van der Waals surface area contributed by atoms with Gasteiger partial charge in [-0.1, -0.05) is 30.3 Å². The number of aromatic nitrogens is 1. The van der Waals surface area contributed by atoms with E-state index in [1.165, 1.54) is 18.2 Å². The van der Waals surface area contributed by atoms with Gasteiger partial charge in [-0.25, -0.2) is 4.98 Å². The van der Waals surface area contributed by atoms with Crippen LogP contribution in [0.15, 0.2) is 47.4 Å². The summed E-state index contributed by atoms with van der Waals surface area (Å²) < 4.78 is 5.01. The number of likely N-dealkylation sites (tertiary alicyclic amines) is 1. The smallest absolute Gasteiger partial charge is 0.275 e. The van der Waals surface area contributed by atoms with E-state index >= 15 is 0 Å². The lowest BCUT2D eigenvalue weighted by molar-refractivity contribution is -0.151. The molecule has 2 bridgehead atoms. The summed E-state index contributed by atoms with van der Waals surface area (Å²) >= 11 is 0. The number of carbonyl (C=O) groups is 2. The van der Waals surface area contributed by atoms with Crippen LogP contribution in [0, 0.1) is 11.8 Å². The van der Waals surface area contributed by atoms with Gasteiger partial charge in [0.25, 0.3) is 5.91 Å². The first kappa shape index (κ1) is 17.5. The molecule has 5 rings (SSSR count). The second-order valence-corrected chi connectivity index (χ2v) is 8.36. The Kier molecular flexibility index (Phi) is 4.41. The van der Waals surface area contributed by atoms with Crippen molar-refractivity contribution in [3.05, 3.63) is 54.2 Å². The second-order valence-electron chi connectivity index (χ2n) is 8.36. The predicted molar refractivity (Wildman–Crippen MR) is 102 cm³/mol. The Balaban J connectivity index is 1.45. The van der Waals surface area contributed by atoms with E-state index < -0.39 is 0 Å². The molecule has 3 aliphatic rings. The van der Waals surface area contributed by atoms with Crippen LogP contribution in [0.2, 0.25) is 0 Å². The number of rotatable bonds is 3. The van der Waals surface area contributed by atoms with Crippen molar-refractivity contribution in [2.45, 2.75) is 44.2 Å². The standard InChI is InChI=1S/C22H25N3O3/c26-21-8-4-7-19-16-10-17(12-24(11-16)22(27)18-13-28-14-23-18)20(25(19)21)9-15-5-2-1-3-6-15/h1-3,5-6,13-14,16-17,19-20H,4,7-12H2/t16-,17+,19+,20+/m1/s1. The molecule has 0 saturated carbocycles. The third kappa shape index (κ3) is 3.01. The van der Waals surface area contributed by atoms with Crippen LogP contribution in [0.1, 0.15) is 41.7 Å². The van der Waals surface area contributed by atoms with E-state index in [4.69, 9.17) is 4.42 Å². The molecule has 1 aromatic carbocycles. The number of amides is 2. The highest BCUT2D eigenvalue weighted by Crippen LogP contribution is 2.42. The summed E-state index contributed by atoms with van der Waals surface area (Å²) in [6, 6.07) is 10.8. The van der Waals surface area contributed by atoms with Gasteiger partial charge < -0.3 is 14.2 Å². The maximum atomic E-state index is 12.9. The monoisotopic (exact) mass is 379 g/mol. The van der Waals surface area contributed by atoms with Crippen molar-refractivity contribution in [1.29, 1.82) is 0 Å². The largest absolute Gasteiger partial charge is 0.451 e. The maximum absolute atomic E-state index is 12.9.